The Morgan fingerprint density at radius 3 is 1.80 bits per heavy atom. The van der Waals surface area contributed by atoms with E-state index in [0.29, 0.717) is 12.2 Å². The summed E-state index contributed by atoms with van der Waals surface area (Å²) >= 11 is 0. The van der Waals surface area contributed by atoms with Gasteiger partial charge in [0.2, 0.25) is 0 Å². The van der Waals surface area contributed by atoms with E-state index in [0.717, 1.165) is 0 Å². The van der Waals surface area contributed by atoms with Crippen LogP contribution in [0.15, 0.2) is 12.3 Å². The van der Waals surface area contributed by atoms with Gasteiger partial charge in [0.1, 0.15) is 0 Å². The molecule has 1 N–H and O–H groups in total. The van der Waals surface area contributed by atoms with Gasteiger partial charge < -0.3 is 5.11 Å². The maximum absolute atomic E-state index is 9.70. The molecule has 0 spiro atoms. The fourth-order valence-electron chi connectivity index (χ4n) is 4.39. The topological polar surface area (TPSA) is 20.2 Å². The standard InChI is InChI=1S/C19H26O/c1-12(20)11-17-13-7-5-9-15(13)18(19(2,3)4)16-10-6-8-14(16)17/h20H,1,5-11H2,2-4H3. The number of allylic oxidation sites excluding steroid dienone is 1. The highest BCUT2D eigenvalue weighted by Gasteiger charge is 2.32. The molecular formula is C19H26O. The van der Waals surface area contributed by atoms with Gasteiger partial charge >= 0.3 is 0 Å². The van der Waals surface area contributed by atoms with Gasteiger partial charge in [0.25, 0.3) is 0 Å². The van der Waals surface area contributed by atoms with Crippen molar-refractivity contribution >= 4 is 0 Å². The van der Waals surface area contributed by atoms with Gasteiger partial charge in [-0.25, -0.2) is 0 Å². The van der Waals surface area contributed by atoms with Gasteiger partial charge in [-0.1, -0.05) is 27.4 Å². The Balaban J connectivity index is 2.28. The molecule has 0 aliphatic heterocycles. The molecule has 0 saturated carbocycles. The van der Waals surface area contributed by atoms with Crippen molar-refractivity contribution in [3.8, 4) is 0 Å². The zero-order valence-corrected chi connectivity index (χ0v) is 13.1. The zero-order chi connectivity index (χ0) is 14.5. The number of benzene rings is 1. The minimum atomic E-state index is 0.234. The van der Waals surface area contributed by atoms with Crippen LogP contribution in [0.3, 0.4) is 0 Å². The zero-order valence-electron chi connectivity index (χ0n) is 13.1. The van der Waals surface area contributed by atoms with Crippen molar-refractivity contribution in [2.45, 2.75) is 71.1 Å². The van der Waals surface area contributed by atoms with Crippen LogP contribution in [-0.4, -0.2) is 5.11 Å². The predicted molar refractivity (Wildman–Crippen MR) is 84.7 cm³/mol. The molecule has 1 aromatic rings. The fourth-order valence-corrected chi connectivity index (χ4v) is 4.39. The molecule has 0 fully saturated rings. The number of hydrogen-bond donors (Lipinski definition) is 1. The molecule has 0 heterocycles. The van der Waals surface area contributed by atoms with Gasteiger partial charge in [0, 0.05) is 6.42 Å². The third-order valence-electron chi connectivity index (χ3n) is 4.90. The number of aliphatic hydroxyl groups is 1. The number of rotatable bonds is 2. The van der Waals surface area contributed by atoms with E-state index in [9.17, 15) is 5.11 Å². The first-order valence-corrected chi connectivity index (χ1v) is 7.95. The van der Waals surface area contributed by atoms with E-state index in [4.69, 9.17) is 0 Å². The first-order chi connectivity index (χ1) is 9.39. The van der Waals surface area contributed by atoms with Crippen molar-refractivity contribution in [1.29, 1.82) is 0 Å². The summed E-state index contributed by atoms with van der Waals surface area (Å²) in [4.78, 5) is 0. The molecule has 0 amide bonds. The van der Waals surface area contributed by atoms with E-state index < -0.39 is 0 Å². The molecule has 1 aromatic carbocycles. The third-order valence-corrected chi connectivity index (χ3v) is 4.90. The summed E-state index contributed by atoms with van der Waals surface area (Å²) in [6.07, 6.45) is 8.02. The lowest BCUT2D eigenvalue weighted by Crippen LogP contribution is -2.19. The molecule has 0 radical (unpaired) electrons. The lowest BCUT2D eigenvalue weighted by atomic mass is 9.76. The molecule has 1 nitrogen and oxygen atoms in total. The monoisotopic (exact) mass is 270 g/mol. The van der Waals surface area contributed by atoms with Crippen molar-refractivity contribution in [1.82, 2.24) is 0 Å². The second-order valence-electron chi connectivity index (χ2n) is 7.47. The largest absolute Gasteiger partial charge is 0.513 e. The van der Waals surface area contributed by atoms with Gasteiger partial charge in [-0.05, 0) is 77.3 Å². The SMILES string of the molecule is C=C(O)Cc1c2c(c(C(C)(C)C)c3c1CCC3)CCC2. The van der Waals surface area contributed by atoms with Crippen molar-refractivity contribution in [3.05, 3.63) is 45.7 Å². The minimum Gasteiger partial charge on any atom is -0.513 e. The van der Waals surface area contributed by atoms with Crippen LogP contribution in [0.4, 0.5) is 0 Å². The Kier molecular flexibility index (Phi) is 3.19. The summed E-state index contributed by atoms with van der Waals surface area (Å²) in [6.45, 7) is 10.8. The first-order valence-electron chi connectivity index (χ1n) is 7.95. The second-order valence-corrected chi connectivity index (χ2v) is 7.47. The van der Waals surface area contributed by atoms with E-state index in [1.54, 1.807) is 27.8 Å². The average Bonchev–Trinajstić information content (AvgIpc) is 2.93. The van der Waals surface area contributed by atoms with Crippen LogP contribution in [-0.2, 0) is 37.5 Å². The predicted octanol–water partition coefficient (Wildman–Crippen LogP) is 4.58. The van der Waals surface area contributed by atoms with Crippen LogP contribution in [0.5, 0.6) is 0 Å². The molecular weight excluding hydrogens is 244 g/mol. The van der Waals surface area contributed by atoms with Gasteiger partial charge in [0.05, 0.1) is 5.76 Å². The van der Waals surface area contributed by atoms with E-state index in [2.05, 4.69) is 27.4 Å². The van der Waals surface area contributed by atoms with Gasteiger partial charge in [-0.15, -0.1) is 0 Å². The average molecular weight is 270 g/mol. The highest BCUT2D eigenvalue weighted by Crippen LogP contribution is 2.43. The highest BCUT2D eigenvalue weighted by molar-refractivity contribution is 5.58. The van der Waals surface area contributed by atoms with Crippen LogP contribution in [0.2, 0.25) is 0 Å². The molecule has 1 heteroatoms. The molecule has 3 rings (SSSR count). The lowest BCUT2D eigenvalue weighted by Gasteiger charge is -2.29. The smallest absolute Gasteiger partial charge is 0.0895 e. The van der Waals surface area contributed by atoms with Crippen LogP contribution in [0.25, 0.3) is 0 Å². The molecule has 20 heavy (non-hydrogen) atoms. The molecule has 108 valence electrons. The van der Waals surface area contributed by atoms with Gasteiger partial charge in [0.15, 0.2) is 0 Å². The summed E-state index contributed by atoms with van der Waals surface area (Å²) in [5.74, 6) is 0.316. The number of hydrogen-bond acceptors (Lipinski definition) is 1. The van der Waals surface area contributed by atoms with E-state index in [1.807, 2.05) is 0 Å². The van der Waals surface area contributed by atoms with E-state index in [1.165, 1.54) is 44.1 Å². The maximum Gasteiger partial charge on any atom is 0.0895 e. The van der Waals surface area contributed by atoms with E-state index >= 15 is 0 Å². The molecule has 2 aliphatic carbocycles. The summed E-state index contributed by atoms with van der Waals surface area (Å²) in [5.41, 5.74) is 9.59. The highest BCUT2D eigenvalue weighted by atomic mass is 16.3. The molecule has 0 bridgehead atoms. The van der Waals surface area contributed by atoms with Crippen molar-refractivity contribution in [2.75, 3.05) is 0 Å². The summed E-state index contributed by atoms with van der Waals surface area (Å²) < 4.78 is 0. The van der Waals surface area contributed by atoms with Crippen molar-refractivity contribution in [2.24, 2.45) is 0 Å². The van der Waals surface area contributed by atoms with Gasteiger partial charge in [-0.3, -0.25) is 0 Å². The molecule has 0 saturated heterocycles. The molecule has 0 atom stereocenters. The number of fused-ring (bicyclic) bond motifs is 2. The fraction of sp³-hybridized carbons (Fsp3) is 0.579. The summed E-state index contributed by atoms with van der Waals surface area (Å²) in [6, 6.07) is 0. The first kappa shape index (κ1) is 13.7. The molecule has 2 aliphatic rings. The van der Waals surface area contributed by atoms with Crippen molar-refractivity contribution in [3.63, 3.8) is 0 Å². The second kappa shape index (κ2) is 4.65. The Bertz CT molecular complexity index is 537. The minimum absolute atomic E-state index is 0.234. The van der Waals surface area contributed by atoms with Crippen LogP contribution in [0, 0.1) is 0 Å². The Morgan fingerprint density at radius 1 is 0.950 bits per heavy atom. The third kappa shape index (κ3) is 2.08. The molecule has 0 aromatic heterocycles. The summed E-state index contributed by atoms with van der Waals surface area (Å²) in [5, 5.41) is 9.70. The van der Waals surface area contributed by atoms with Crippen LogP contribution in [0.1, 0.15) is 67.0 Å². The normalized spacial score (nSPS) is 17.1. The maximum atomic E-state index is 9.70. The Morgan fingerprint density at radius 2 is 1.40 bits per heavy atom. The van der Waals surface area contributed by atoms with Crippen LogP contribution >= 0.6 is 0 Å². The van der Waals surface area contributed by atoms with Crippen LogP contribution < -0.4 is 0 Å². The van der Waals surface area contributed by atoms with Gasteiger partial charge in [-0.2, -0.15) is 0 Å². The summed E-state index contributed by atoms with van der Waals surface area (Å²) in [7, 11) is 0. The van der Waals surface area contributed by atoms with Crippen molar-refractivity contribution < 1.29 is 5.11 Å². The molecule has 0 unspecified atom stereocenters. The lowest BCUT2D eigenvalue weighted by molar-refractivity contribution is 0.401. The Labute approximate surface area is 122 Å². The Hall–Kier alpha value is -1.24. The number of aliphatic hydroxyl groups excluding tert-OH is 1. The quantitative estimate of drug-likeness (QED) is 0.780. The van der Waals surface area contributed by atoms with E-state index in [-0.39, 0.29) is 5.41 Å².